The largest absolute Gasteiger partial charge is 0.313 e. The van der Waals surface area contributed by atoms with Crippen molar-refractivity contribution in [2.24, 2.45) is 0 Å². The Bertz CT molecular complexity index is 1630. The Morgan fingerprint density at radius 3 is 2.11 bits per heavy atom. The van der Waals surface area contributed by atoms with Crippen LogP contribution in [0.1, 0.15) is 11.3 Å². The molecule has 5 aromatic rings. The van der Waals surface area contributed by atoms with Gasteiger partial charge < -0.3 is 4.57 Å². The number of hydrogen-bond donors (Lipinski definition) is 0. The highest BCUT2D eigenvalue weighted by Gasteiger charge is 2.30. The third-order valence-corrected chi connectivity index (χ3v) is 9.24. The lowest BCUT2D eigenvalue weighted by molar-refractivity contribution is 0.584. The molecule has 0 aliphatic heterocycles. The third kappa shape index (κ3) is 4.22. The summed E-state index contributed by atoms with van der Waals surface area (Å²) >= 11 is 0. The molecule has 0 saturated carbocycles. The van der Waals surface area contributed by atoms with Gasteiger partial charge in [-0.1, -0.05) is 66.7 Å². The molecular formula is C29H23N4O2P. The van der Waals surface area contributed by atoms with Crippen LogP contribution in [-0.2, 0) is 10.7 Å². The molecule has 2 heterocycles. The van der Waals surface area contributed by atoms with E-state index in [1.54, 1.807) is 36.5 Å². The fraction of sp³-hybridized carbons (Fsp3) is 0.0690. The smallest absolute Gasteiger partial charge is 0.277 e. The molecule has 36 heavy (non-hydrogen) atoms. The Morgan fingerprint density at radius 1 is 0.889 bits per heavy atom. The molecule has 0 aliphatic carbocycles. The highest BCUT2D eigenvalue weighted by molar-refractivity contribution is 7.78. The number of nitriles is 1. The predicted octanol–water partition coefficient (Wildman–Crippen LogP) is 4.68. The van der Waals surface area contributed by atoms with Gasteiger partial charge in [0.1, 0.15) is 13.0 Å². The summed E-state index contributed by atoms with van der Waals surface area (Å²) in [6, 6.07) is 33.2. The van der Waals surface area contributed by atoms with Crippen LogP contribution in [0.25, 0.3) is 10.8 Å². The van der Waals surface area contributed by atoms with Crippen molar-refractivity contribution >= 4 is 34.3 Å². The Labute approximate surface area is 209 Å². The summed E-state index contributed by atoms with van der Waals surface area (Å²) < 4.78 is 16.4. The summed E-state index contributed by atoms with van der Waals surface area (Å²) in [5, 5.41) is 13.6. The van der Waals surface area contributed by atoms with Crippen LogP contribution in [-0.4, -0.2) is 16.7 Å². The molecule has 0 saturated heterocycles. The topological polar surface area (TPSA) is 79.0 Å². The first-order valence-corrected chi connectivity index (χ1v) is 13.3. The summed E-state index contributed by atoms with van der Waals surface area (Å²) in [6.07, 6.45) is 1.77. The summed E-state index contributed by atoms with van der Waals surface area (Å²) in [5.74, 6) is 0.572. The molecule has 2 aromatic heterocycles. The summed E-state index contributed by atoms with van der Waals surface area (Å²) in [5.41, 5.74) is 0.748. The number of benzene rings is 3. The minimum Gasteiger partial charge on any atom is -0.313 e. The van der Waals surface area contributed by atoms with Gasteiger partial charge in [-0.05, 0) is 41.8 Å². The number of hydrogen-bond acceptors (Lipinski definition) is 5. The highest BCUT2D eigenvalue weighted by atomic mass is 31.2. The van der Waals surface area contributed by atoms with Crippen molar-refractivity contribution in [1.29, 1.82) is 5.26 Å². The summed E-state index contributed by atoms with van der Waals surface area (Å²) in [4.78, 5) is 18.3. The zero-order valence-corrected chi connectivity index (χ0v) is 20.5. The summed E-state index contributed by atoms with van der Waals surface area (Å²) in [6.45, 7) is 0. The van der Waals surface area contributed by atoms with Gasteiger partial charge in [-0.2, -0.15) is 5.26 Å². The summed E-state index contributed by atoms with van der Waals surface area (Å²) in [7, 11) is -1.43. The number of aromatic nitrogens is 2. The van der Waals surface area contributed by atoms with E-state index in [2.05, 4.69) is 11.1 Å². The Balaban J connectivity index is 1.78. The maximum absolute atomic E-state index is 14.9. The molecule has 7 heteroatoms. The van der Waals surface area contributed by atoms with Crippen LogP contribution in [0, 0.1) is 11.3 Å². The average Bonchev–Trinajstić information content (AvgIpc) is 2.94. The number of anilines is 1. The molecule has 0 aliphatic rings. The van der Waals surface area contributed by atoms with Crippen LogP contribution in [0.2, 0.25) is 0 Å². The van der Waals surface area contributed by atoms with Crippen LogP contribution >= 0.6 is 7.14 Å². The molecule has 6 nitrogen and oxygen atoms in total. The number of pyridine rings is 2. The quantitative estimate of drug-likeness (QED) is 0.323. The average molecular weight is 491 g/mol. The first-order chi connectivity index (χ1) is 17.5. The Kier molecular flexibility index (Phi) is 6.25. The van der Waals surface area contributed by atoms with E-state index in [9.17, 15) is 14.6 Å². The first-order valence-electron chi connectivity index (χ1n) is 11.5. The van der Waals surface area contributed by atoms with Gasteiger partial charge in [0.15, 0.2) is 0 Å². The van der Waals surface area contributed by atoms with Gasteiger partial charge in [-0.25, -0.2) is 9.66 Å². The van der Waals surface area contributed by atoms with Gasteiger partial charge in [-0.3, -0.25) is 9.80 Å². The van der Waals surface area contributed by atoms with Crippen molar-refractivity contribution in [1.82, 2.24) is 9.66 Å². The molecule has 0 N–H and O–H groups in total. The fourth-order valence-electron chi connectivity index (χ4n) is 4.42. The molecule has 0 bridgehead atoms. The zero-order valence-electron chi connectivity index (χ0n) is 19.7. The number of rotatable bonds is 6. The monoisotopic (exact) mass is 490 g/mol. The van der Waals surface area contributed by atoms with E-state index in [1.165, 1.54) is 4.68 Å². The Morgan fingerprint density at radius 2 is 1.53 bits per heavy atom. The lowest BCUT2D eigenvalue weighted by Gasteiger charge is -2.27. The van der Waals surface area contributed by atoms with E-state index in [-0.39, 0.29) is 11.7 Å². The lowest BCUT2D eigenvalue weighted by Crippen LogP contribution is -2.39. The predicted molar refractivity (Wildman–Crippen MR) is 144 cm³/mol. The van der Waals surface area contributed by atoms with E-state index in [0.29, 0.717) is 38.5 Å². The van der Waals surface area contributed by atoms with Gasteiger partial charge in [0.25, 0.3) is 5.56 Å². The number of nitrogens with zero attached hydrogens (tertiary/aromatic N) is 4. The van der Waals surface area contributed by atoms with Gasteiger partial charge >= 0.3 is 0 Å². The first kappa shape index (κ1) is 23.3. The van der Waals surface area contributed by atoms with Gasteiger partial charge in [0, 0.05) is 29.2 Å². The van der Waals surface area contributed by atoms with Crippen LogP contribution < -0.4 is 21.2 Å². The van der Waals surface area contributed by atoms with Crippen molar-refractivity contribution in [2.75, 3.05) is 12.1 Å². The van der Waals surface area contributed by atoms with E-state index >= 15 is 0 Å². The van der Waals surface area contributed by atoms with E-state index in [1.807, 2.05) is 84.9 Å². The molecule has 3 aromatic carbocycles. The minimum atomic E-state index is -3.19. The van der Waals surface area contributed by atoms with Crippen LogP contribution in [0.15, 0.2) is 114 Å². The molecule has 0 amide bonds. The van der Waals surface area contributed by atoms with E-state index in [4.69, 9.17) is 0 Å². The van der Waals surface area contributed by atoms with Crippen molar-refractivity contribution in [3.05, 3.63) is 131 Å². The second-order valence-electron chi connectivity index (χ2n) is 8.45. The molecule has 0 unspecified atom stereocenters. The molecule has 0 fully saturated rings. The maximum atomic E-state index is 14.9. The fourth-order valence-corrected chi connectivity index (χ4v) is 7.07. The second-order valence-corrected chi connectivity index (χ2v) is 11.3. The lowest BCUT2D eigenvalue weighted by atomic mass is 10.1. The molecule has 0 spiro atoms. The highest BCUT2D eigenvalue weighted by Crippen LogP contribution is 2.47. The third-order valence-electron chi connectivity index (χ3n) is 6.21. The standard InChI is InChI=1S/C29H23N4O2P/c1-32(28-14-8-9-17-31-28)33-24(19-23-18-22(20-30)15-16-27(23)29(33)34)21-36(35,25-10-4-2-5-11-25)26-12-6-3-7-13-26/h2-19H,21H2,1H3. The normalized spacial score (nSPS) is 11.2. The Hall–Kier alpha value is -4.46. The van der Waals surface area contributed by atoms with E-state index < -0.39 is 7.14 Å². The van der Waals surface area contributed by atoms with E-state index in [0.717, 1.165) is 0 Å². The van der Waals surface area contributed by atoms with Crippen LogP contribution in [0.5, 0.6) is 0 Å². The molecule has 176 valence electrons. The SMILES string of the molecule is CN(c1ccccn1)n1c(CP(=O)(c2ccccc2)c2ccccc2)cc2cc(C#N)ccc2c1=O. The van der Waals surface area contributed by atoms with Gasteiger partial charge in [0.2, 0.25) is 0 Å². The van der Waals surface area contributed by atoms with Crippen molar-refractivity contribution < 1.29 is 4.57 Å². The molecule has 5 rings (SSSR count). The molecular weight excluding hydrogens is 467 g/mol. The molecule has 0 atom stereocenters. The van der Waals surface area contributed by atoms with Crippen molar-refractivity contribution in [3.8, 4) is 6.07 Å². The molecule has 0 radical (unpaired) electrons. The minimum absolute atomic E-state index is 0.111. The van der Waals surface area contributed by atoms with Gasteiger partial charge in [-0.15, -0.1) is 0 Å². The van der Waals surface area contributed by atoms with Crippen molar-refractivity contribution in [2.45, 2.75) is 6.16 Å². The van der Waals surface area contributed by atoms with Crippen molar-refractivity contribution in [3.63, 3.8) is 0 Å². The van der Waals surface area contributed by atoms with Crippen LogP contribution in [0.3, 0.4) is 0 Å². The van der Waals surface area contributed by atoms with Gasteiger partial charge in [0.05, 0.1) is 23.5 Å². The number of fused-ring (bicyclic) bond motifs is 1. The maximum Gasteiger partial charge on any atom is 0.277 e. The van der Waals surface area contributed by atoms with Crippen LogP contribution in [0.4, 0.5) is 5.82 Å². The zero-order chi connectivity index (χ0) is 25.1. The second kappa shape index (κ2) is 9.65.